The summed E-state index contributed by atoms with van der Waals surface area (Å²) in [5, 5.41) is 5.42. The van der Waals surface area contributed by atoms with E-state index in [4.69, 9.17) is 16.3 Å². The van der Waals surface area contributed by atoms with Crippen molar-refractivity contribution in [2.75, 3.05) is 6.61 Å². The molecule has 2 N–H and O–H groups in total. The number of rotatable bonds is 0. The molecule has 2 heterocycles. The van der Waals surface area contributed by atoms with Crippen LogP contribution in [0.4, 0.5) is 4.79 Å². The number of nitrogens with one attached hydrogen (secondary N) is 2. The van der Waals surface area contributed by atoms with Crippen molar-refractivity contribution < 1.29 is 14.3 Å². The molecule has 0 radical (unpaired) electrons. The van der Waals surface area contributed by atoms with Crippen LogP contribution in [-0.4, -0.2) is 18.5 Å². The fraction of sp³-hybridized carbons (Fsp3) is 0.273. The van der Waals surface area contributed by atoms with E-state index in [9.17, 15) is 9.59 Å². The van der Waals surface area contributed by atoms with Crippen LogP contribution in [0.5, 0.6) is 5.75 Å². The van der Waals surface area contributed by atoms with E-state index in [1.165, 1.54) is 0 Å². The fourth-order valence-electron chi connectivity index (χ4n) is 2.27. The maximum absolute atomic E-state index is 11.9. The third-order valence-electron chi connectivity index (χ3n) is 3.08. The summed E-state index contributed by atoms with van der Waals surface area (Å²) in [5.74, 6) is 0.229. The topological polar surface area (TPSA) is 67.4 Å². The Labute approximate surface area is 102 Å². The molecule has 1 atom stereocenters. The second-order valence-corrected chi connectivity index (χ2v) is 4.49. The van der Waals surface area contributed by atoms with Gasteiger partial charge in [-0.05, 0) is 18.2 Å². The van der Waals surface area contributed by atoms with Crippen molar-refractivity contribution in [1.82, 2.24) is 10.6 Å². The van der Waals surface area contributed by atoms with Crippen molar-refractivity contribution in [1.29, 1.82) is 0 Å². The SMILES string of the molecule is O=C1NC(=O)[C@@]2(CCOc3ccc(Cl)cc32)N1. The molecule has 2 aliphatic rings. The van der Waals surface area contributed by atoms with Crippen LogP contribution in [0.15, 0.2) is 18.2 Å². The molecule has 0 unspecified atom stereocenters. The third-order valence-corrected chi connectivity index (χ3v) is 3.31. The van der Waals surface area contributed by atoms with Gasteiger partial charge in [0.1, 0.15) is 5.75 Å². The predicted molar refractivity (Wildman–Crippen MR) is 59.9 cm³/mol. The average Bonchev–Trinajstić information content (AvgIpc) is 2.56. The number of halogens is 1. The Kier molecular flexibility index (Phi) is 2.06. The molecule has 88 valence electrons. The van der Waals surface area contributed by atoms with E-state index >= 15 is 0 Å². The number of fused-ring (bicyclic) bond motifs is 2. The molecule has 3 amide bonds. The molecule has 0 aliphatic carbocycles. The first-order valence-corrected chi connectivity index (χ1v) is 5.56. The normalized spacial score (nSPS) is 26.2. The molecule has 0 aromatic heterocycles. The summed E-state index contributed by atoms with van der Waals surface area (Å²) in [6, 6.07) is 4.56. The number of benzene rings is 1. The number of hydrogen-bond donors (Lipinski definition) is 2. The van der Waals surface area contributed by atoms with Crippen LogP contribution in [0.2, 0.25) is 5.02 Å². The fourth-order valence-corrected chi connectivity index (χ4v) is 2.44. The van der Waals surface area contributed by atoms with Gasteiger partial charge in [-0.15, -0.1) is 0 Å². The van der Waals surface area contributed by atoms with E-state index in [-0.39, 0.29) is 5.91 Å². The van der Waals surface area contributed by atoms with E-state index in [1.54, 1.807) is 18.2 Å². The number of amides is 3. The van der Waals surface area contributed by atoms with E-state index in [0.717, 1.165) is 0 Å². The van der Waals surface area contributed by atoms with Gasteiger partial charge in [0.2, 0.25) is 0 Å². The smallest absolute Gasteiger partial charge is 0.322 e. The maximum atomic E-state index is 11.9. The van der Waals surface area contributed by atoms with Crippen LogP contribution in [0, 0.1) is 0 Å². The standard InChI is InChI=1S/C11H9ClN2O3/c12-6-1-2-8-7(5-6)11(3-4-17-8)9(15)13-10(16)14-11/h1-2,5H,3-4H2,(H2,13,14,15,16)/t11-/m0/s1. The van der Waals surface area contributed by atoms with Gasteiger partial charge in [0.25, 0.3) is 5.91 Å². The molecule has 5 nitrogen and oxygen atoms in total. The molecule has 1 saturated heterocycles. The minimum Gasteiger partial charge on any atom is -0.493 e. The monoisotopic (exact) mass is 252 g/mol. The van der Waals surface area contributed by atoms with Crippen LogP contribution in [0.3, 0.4) is 0 Å². The summed E-state index contributed by atoms with van der Waals surface area (Å²) < 4.78 is 5.46. The van der Waals surface area contributed by atoms with Crippen LogP contribution in [0.1, 0.15) is 12.0 Å². The van der Waals surface area contributed by atoms with E-state index in [0.29, 0.717) is 29.4 Å². The third kappa shape index (κ3) is 1.39. The molecule has 1 aromatic rings. The zero-order valence-electron chi connectivity index (χ0n) is 8.75. The minimum absolute atomic E-state index is 0.352. The van der Waals surface area contributed by atoms with Gasteiger partial charge < -0.3 is 10.1 Å². The van der Waals surface area contributed by atoms with Gasteiger partial charge in [0.05, 0.1) is 6.61 Å². The highest BCUT2D eigenvalue weighted by atomic mass is 35.5. The Hall–Kier alpha value is -1.75. The van der Waals surface area contributed by atoms with Crippen molar-refractivity contribution in [3.8, 4) is 5.75 Å². The number of ether oxygens (including phenoxy) is 1. The first-order valence-electron chi connectivity index (χ1n) is 5.18. The Bertz CT molecular complexity index is 531. The minimum atomic E-state index is -1.03. The van der Waals surface area contributed by atoms with Gasteiger partial charge in [-0.25, -0.2) is 4.79 Å². The van der Waals surface area contributed by atoms with Crippen LogP contribution < -0.4 is 15.4 Å². The highest BCUT2D eigenvalue weighted by Gasteiger charge is 2.50. The van der Waals surface area contributed by atoms with Crippen LogP contribution >= 0.6 is 11.6 Å². The molecule has 17 heavy (non-hydrogen) atoms. The van der Waals surface area contributed by atoms with Crippen LogP contribution in [-0.2, 0) is 10.3 Å². The quantitative estimate of drug-likeness (QED) is 0.681. The largest absolute Gasteiger partial charge is 0.493 e. The van der Waals surface area contributed by atoms with Gasteiger partial charge in [-0.2, -0.15) is 0 Å². The highest BCUT2D eigenvalue weighted by molar-refractivity contribution is 6.30. The van der Waals surface area contributed by atoms with E-state index < -0.39 is 11.6 Å². The zero-order chi connectivity index (χ0) is 12.0. The Morgan fingerprint density at radius 3 is 2.88 bits per heavy atom. The summed E-state index contributed by atoms with van der Waals surface area (Å²) in [6.45, 7) is 0.377. The van der Waals surface area contributed by atoms with Crippen LogP contribution in [0.25, 0.3) is 0 Å². The molecule has 0 saturated carbocycles. The molecule has 1 spiro atoms. The van der Waals surface area contributed by atoms with Gasteiger partial charge in [0.15, 0.2) is 5.54 Å². The van der Waals surface area contributed by atoms with E-state index in [2.05, 4.69) is 10.6 Å². The summed E-state index contributed by atoms with van der Waals surface area (Å²) in [6.07, 6.45) is 0.401. The van der Waals surface area contributed by atoms with Gasteiger partial charge in [-0.3, -0.25) is 10.1 Å². The summed E-state index contributed by atoms with van der Waals surface area (Å²) in [4.78, 5) is 23.2. The Balaban J connectivity index is 2.19. The molecule has 2 aliphatic heterocycles. The van der Waals surface area contributed by atoms with E-state index in [1.807, 2.05) is 0 Å². The summed E-state index contributed by atoms with van der Waals surface area (Å²) in [5.41, 5.74) is -0.421. The number of imide groups is 1. The van der Waals surface area contributed by atoms with Crippen molar-refractivity contribution in [2.45, 2.75) is 12.0 Å². The number of urea groups is 1. The Morgan fingerprint density at radius 1 is 1.35 bits per heavy atom. The number of carbonyl (C=O) groups is 2. The first-order chi connectivity index (χ1) is 8.12. The van der Waals surface area contributed by atoms with Gasteiger partial charge >= 0.3 is 6.03 Å². The van der Waals surface area contributed by atoms with Crippen molar-refractivity contribution >= 4 is 23.5 Å². The number of carbonyl (C=O) groups excluding carboxylic acids is 2. The summed E-state index contributed by atoms with van der Waals surface area (Å²) in [7, 11) is 0. The lowest BCUT2D eigenvalue weighted by Crippen LogP contribution is -2.47. The van der Waals surface area contributed by atoms with Crippen molar-refractivity contribution in [3.63, 3.8) is 0 Å². The molecular weight excluding hydrogens is 244 g/mol. The van der Waals surface area contributed by atoms with Crippen molar-refractivity contribution in [3.05, 3.63) is 28.8 Å². The molecule has 1 fully saturated rings. The lowest BCUT2D eigenvalue weighted by Gasteiger charge is -2.32. The highest BCUT2D eigenvalue weighted by Crippen LogP contribution is 2.40. The molecule has 0 bridgehead atoms. The first kappa shape index (κ1) is 10.4. The predicted octanol–water partition coefficient (Wildman–Crippen LogP) is 1.16. The maximum Gasteiger partial charge on any atom is 0.322 e. The average molecular weight is 253 g/mol. The lowest BCUT2D eigenvalue weighted by molar-refractivity contribution is -0.125. The van der Waals surface area contributed by atoms with Gasteiger partial charge in [0, 0.05) is 17.0 Å². The zero-order valence-corrected chi connectivity index (χ0v) is 9.50. The second kappa shape index (κ2) is 3.37. The lowest BCUT2D eigenvalue weighted by atomic mass is 9.85. The molecular formula is C11H9ClN2O3. The summed E-state index contributed by atoms with van der Waals surface area (Å²) >= 11 is 5.92. The number of hydrogen-bond acceptors (Lipinski definition) is 3. The van der Waals surface area contributed by atoms with Gasteiger partial charge in [-0.1, -0.05) is 11.6 Å². The van der Waals surface area contributed by atoms with Crippen molar-refractivity contribution in [2.24, 2.45) is 0 Å². The second-order valence-electron chi connectivity index (χ2n) is 4.05. The molecule has 1 aromatic carbocycles. The molecule has 3 rings (SSSR count). The Morgan fingerprint density at radius 2 is 2.18 bits per heavy atom. The molecule has 6 heteroatoms.